The number of benzene rings is 2. The van der Waals surface area contributed by atoms with Gasteiger partial charge in [0.1, 0.15) is 5.75 Å². The van der Waals surface area contributed by atoms with Crippen molar-refractivity contribution in [2.75, 3.05) is 10.6 Å². The number of nitrogens with zero attached hydrogens (tertiary/aromatic N) is 2. The highest BCUT2D eigenvalue weighted by Gasteiger charge is 2.31. The van der Waals surface area contributed by atoms with Crippen LogP contribution in [-0.2, 0) is 4.79 Å². The molecule has 0 spiro atoms. The highest BCUT2D eigenvalue weighted by molar-refractivity contribution is 5.89. The molecule has 1 heterocycles. The molecule has 0 unspecified atom stereocenters. The van der Waals surface area contributed by atoms with E-state index in [-0.39, 0.29) is 17.6 Å². The molecular formula is C19H15F3N4O2. The number of amides is 1. The average molecular weight is 388 g/mol. The van der Waals surface area contributed by atoms with Crippen molar-refractivity contribution in [1.82, 2.24) is 9.97 Å². The summed E-state index contributed by atoms with van der Waals surface area (Å²) >= 11 is 0. The first-order chi connectivity index (χ1) is 13.3. The molecule has 0 fully saturated rings. The summed E-state index contributed by atoms with van der Waals surface area (Å²) in [5.74, 6) is -0.306. The lowest BCUT2D eigenvalue weighted by atomic mass is 10.1. The molecule has 0 bridgehead atoms. The van der Waals surface area contributed by atoms with Gasteiger partial charge < -0.3 is 15.4 Å². The number of halogens is 3. The van der Waals surface area contributed by atoms with Crippen LogP contribution in [-0.4, -0.2) is 22.2 Å². The average Bonchev–Trinajstić information content (AvgIpc) is 2.61. The number of carbonyl (C=O) groups is 1. The Labute approximate surface area is 158 Å². The van der Waals surface area contributed by atoms with Crippen LogP contribution in [0.3, 0.4) is 0 Å². The van der Waals surface area contributed by atoms with Gasteiger partial charge in [-0.05, 0) is 29.8 Å². The van der Waals surface area contributed by atoms with E-state index in [1.54, 1.807) is 36.7 Å². The third kappa shape index (κ3) is 5.44. The molecule has 0 atom stereocenters. The van der Waals surface area contributed by atoms with Crippen LogP contribution in [0.1, 0.15) is 6.92 Å². The van der Waals surface area contributed by atoms with Crippen molar-refractivity contribution in [3.05, 3.63) is 60.9 Å². The van der Waals surface area contributed by atoms with Gasteiger partial charge in [0.2, 0.25) is 11.9 Å². The maximum Gasteiger partial charge on any atom is 0.573 e. The monoisotopic (exact) mass is 388 g/mol. The van der Waals surface area contributed by atoms with Gasteiger partial charge in [0.15, 0.2) is 0 Å². The van der Waals surface area contributed by atoms with Crippen LogP contribution < -0.4 is 15.4 Å². The number of aromatic nitrogens is 2. The number of ether oxygens (including phenoxy) is 1. The van der Waals surface area contributed by atoms with E-state index in [2.05, 4.69) is 25.3 Å². The molecule has 6 nitrogen and oxygen atoms in total. The van der Waals surface area contributed by atoms with E-state index in [0.29, 0.717) is 16.9 Å². The molecule has 144 valence electrons. The number of anilines is 3. The van der Waals surface area contributed by atoms with Crippen LogP contribution in [0.4, 0.5) is 30.5 Å². The van der Waals surface area contributed by atoms with Crippen LogP contribution in [0.15, 0.2) is 60.9 Å². The van der Waals surface area contributed by atoms with Crippen molar-refractivity contribution in [2.24, 2.45) is 0 Å². The van der Waals surface area contributed by atoms with Gasteiger partial charge in [0.05, 0.1) is 0 Å². The largest absolute Gasteiger partial charge is 0.573 e. The van der Waals surface area contributed by atoms with Crippen LogP contribution in [0.5, 0.6) is 5.75 Å². The molecule has 0 saturated carbocycles. The molecule has 0 aliphatic rings. The van der Waals surface area contributed by atoms with Gasteiger partial charge in [-0.15, -0.1) is 13.2 Å². The van der Waals surface area contributed by atoms with E-state index in [0.717, 1.165) is 5.56 Å². The fraction of sp³-hybridized carbons (Fsp3) is 0.105. The Bertz CT molecular complexity index is 975. The minimum Gasteiger partial charge on any atom is -0.406 e. The minimum atomic E-state index is -4.76. The highest BCUT2D eigenvalue weighted by Crippen LogP contribution is 2.26. The van der Waals surface area contributed by atoms with Crippen LogP contribution in [0.2, 0.25) is 0 Å². The SMILES string of the molecule is CC(=O)Nc1cccc(-c2cnc(Nc3cccc(OC(F)(F)F)c3)nc2)c1. The maximum atomic E-state index is 12.3. The van der Waals surface area contributed by atoms with Gasteiger partial charge in [0.25, 0.3) is 0 Å². The second kappa shape index (κ2) is 7.95. The summed E-state index contributed by atoms with van der Waals surface area (Å²) in [4.78, 5) is 19.5. The number of nitrogens with one attached hydrogen (secondary N) is 2. The predicted octanol–water partition coefficient (Wildman–Crippen LogP) is 4.74. The number of rotatable bonds is 5. The standard InChI is InChI=1S/C19H15F3N4O2/c1-12(27)25-15-5-2-4-13(8-15)14-10-23-18(24-11-14)26-16-6-3-7-17(9-16)28-19(20,21)22/h2-11H,1H3,(H,25,27)(H,23,24,26). The van der Waals surface area contributed by atoms with Gasteiger partial charge in [0, 0.05) is 42.3 Å². The lowest BCUT2D eigenvalue weighted by Crippen LogP contribution is -2.17. The van der Waals surface area contributed by atoms with Crippen LogP contribution in [0, 0.1) is 0 Å². The van der Waals surface area contributed by atoms with Crippen LogP contribution in [0.25, 0.3) is 11.1 Å². The molecule has 0 aliphatic heterocycles. The number of hydrogen-bond donors (Lipinski definition) is 2. The van der Waals surface area contributed by atoms with E-state index in [1.807, 2.05) is 6.07 Å². The Morgan fingerprint density at radius 1 is 0.964 bits per heavy atom. The van der Waals surface area contributed by atoms with Crippen molar-refractivity contribution < 1.29 is 22.7 Å². The molecule has 0 radical (unpaired) electrons. The topological polar surface area (TPSA) is 76.1 Å². The number of alkyl halides is 3. The molecule has 0 aliphatic carbocycles. The van der Waals surface area contributed by atoms with E-state index in [9.17, 15) is 18.0 Å². The second-order valence-corrected chi connectivity index (χ2v) is 5.76. The molecule has 2 N–H and O–H groups in total. The van der Waals surface area contributed by atoms with Crippen molar-refractivity contribution >= 4 is 23.2 Å². The van der Waals surface area contributed by atoms with Crippen molar-refractivity contribution in [2.45, 2.75) is 13.3 Å². The normalized spacial score (nSPS) is 11.0. The van der Waals surface area contributed by atoms with Gasteiger partial charge >= 0.3 is 6.36 Å². The fourth-order valence-corrected chi connectivity index (χ4v) is 2.42. The Hall–Kier alpha value is -3.62. The number of carbonyl (C=O) groups excluding carboxylic acids is 1. The zero-order valence-electron chi connectivity index (χ0n) is 14.6. The van der Waals surface area contributed by atoms with E-state index in [1.165, 1.54) is 25.1 Å². The third-order valence-corrected chi connectivity index (χ3v) is 3.49. The van der Waals surface area contributed by atoms with Crippen LogP contribution >= 0.6 is 0 Å². The first kappa shape index (κ1) is 19.2. The summed E-state index contributed by atoms with van der Waals surface area (Å²) in [6.07, 6.45) is -1.63. The molecule has 2 aromatic carbocycles. The first-order valence-electron chi connectivity index (χ1n) is 8.11. The summed E-state index contributed by atoms with van der Waals surface area (Å²) in [7, 11) is 0. The summed E-state index contributed by atoms with van der Waals surface area (Å²) in [6, 6.07) is 12.6. The van der Waals surface area contributed by atoms with Gasteiger partial charge in [-0.25, -0.2) is 9.97 Å². The summed E-state index contributed by atoms with van der Waals surface area (Å²) in [5, 5.41) is 5.52. The van der Waals surface area contributed by atoms with Gasteiger partial charge in [-0.1, -0.05) is 18.2 Å². The lowest BCUT2D eigenvalue weighted by Gasteiger charge is -2.11. The fourth-order valence-electron chi connectivity index (χ4n) is 2.42. The quantitative estimate of drug-likeness (QED) is 0.660. The first-order valence-corrected chi connectivity index (χ1v) is 8.11. The molecule has 28 heavy (non-hydrogen) atoms. The van der Waals surface area contributed by atoms with E-state index in [4.69, 9.17) is 0 Å². The molecule has 1 amide bonds. The van der Waals surface area contributed by atoms with Crippen molar-refractivity contribution in [3.63, 3.8) is 0 Å². The Morgan fingerprint density at radius 2 is 1.64 bits per heavy atom. The smallest absolute Gasteiger partial charge is 0.406 e. The molecule has 3 aromatic rings. The molecule has 0 saturated heterocycles. The van der Waals surface area contributed by atoms with E-state index < -0.39 is 6.36 Å². The molecule has 9 heteroatoms. The Morgan fingerprint density at radius 3 is 2.32 bits per heavy atom. The van der Waals surface area contributed by atoms with Gasteiger partial charge in [-0.3, -0.25) is 4.79 Å². The summed E-state index contributed by atoms with van der Waals surface area (Å²) in [5.41, 5.74) is 2.51. The zero-order chi connectivity index (χ0) is 20.1. The zero-order valence-corrected chi connectivity index (χ0v) is 14.6. The predicted molar refractivity (Wildman–Crippen MR) is 98.2 cm³/mol. The highest BCUT2D eigenvalue weighted by atomic mass is 19.4. The molecule has 3 rings (SSSR count). The molecule has 1 aromatic heterocycles. The van der Waals surface area contributed by atoms with Gasteiger partial charge in [-0.2, -0.15) is 0 Å². The maximum absolute atomic E-state index is 12.3. The van der Waals surface area contributed by atoms with E-state index >= 15 is 0 Å². The lowest BCUT2D eigenvalue weighted by molar-refractivity contribution is -0.274. The Kier molecular flexibility index (Phi) is 5.44. The third-order valence-electron chi connectivity index (χ3n) is 3.49. The minimum absolute atomic E-state index is 0.176. The Balaban J connectivity index is 1.73. The summed E-state index contributed by atoms with van der Waals surface area (Å²) in [6.45, 7) is 1.42. The molecular weight excluding hydrogens is 373 g/mol. The summed E-state index contributed by atoms with van der Waals surface area (Å²) < 4.78 is 40.8. The van der Waals surface area contributed by atoms with Crippen molar-refractivity contribution in [3.8, 4) is 16.9 Å². The number of hydrogen-bond acceptors (Lipinski definition) is 5. The second-order valence-electron chi connectivity index (χ2n) is 5.76. The van der Waals surface area contributed by atoms with Crippen molar-refractivity contribution in [1.29, 1.82) is 0 Å².